The van der Waals surface area contributed by atoms with E-state index in [4.69, 9.17) is 4.42 Å². The highest BCUT2D eigenvalue weighted by Gasteiger charge is 2.15. The molecule has 7 rings (SSSR count). The Kier molecular flexibility index (Phi) is 5.37. The van der Waals surface area contributed by atoms with E-state index in [1.807, 2.05) is 42.5 Å². The minimum Gasteiger partial charge on any atom is -0.416 e. The van der Waals surface area contributed by atoms with Crippen molar-refractivity contribution in [2.24, 2.45) is 0 Å². The van der Waals surface area contributed by atoms with E-state index in [-0.39, 0.29) is 0 Å². The van der Waals surface area contributed by atoms with Gasteiger partial charge in [0.2, 0.25) is 11.8 Å². The number of hydrogen-bond donors (Lipinski definition) is 0. The molecule has 0 aliphatic carbocycles. The predicted octanol–water partition coefficient (Wildman–Crippen LogP) is 8.73. The van der Waals surface area contributed by atoms with Crippen molar-refractivity contribution in [3.8, 4) is 39.7 Å². The first-order chi connectivity index (χ1) is 18.8. The maximum absolute atomic E-state index is 5.95. The molecular formula is C34H25N3O. The molecule has 0 atom stereocenters. The van der Waals surface area contributed by atoms with Crippen LogP contribution in [0, 0.1) is 0 Å². The fraction of sp³-hybridized carbons (Fsp3) is 0.0588. The van der Waals surface area contributed by atoms with E-state index >= 15 is 0 Å². The molecule has 4 nitrogen and oxygen atoms in total. The Bertz CT molecular complexity index is 1880. The lowest BCUT2D eigenvalue weighted by atomic mass is 10.0. The van der Waals surface area contributed by atoms with E-state index in [1.165, 1.54) is 38.6 Å². The molecule has 0 amide bonds. The molecule has 0 radical (unpaired) electrons. The van der Waals surface area contributed by atoms with Crippen LogP contribution in [0.2, 0.25) is 0 Å². The Morgan fingerprint density at radius 3 is 1.79 bits per heavy atom. The fourth-order valence-electron chi connectivity index (χ4n) is 5.17. The Hall–Kier alpha value is -4.96. The summed E-state index contributed by atoms with van der Waals surface area (Å²) in [5.41, 5.74) is 9.08. The molecule has 0 bridgehead atoms. The van der Waals surface area contributed by atoms with Gasteiger partial charge in [-0.1, -0.05) is 67.6 Å². The second-order valence-electron chi connectivity index (χ2n) is 9.46. The van der Waals surface area contributed by atoms with Gasteiger partial charge in [-0.15, -0.1) is 10.2 Å². The van der Waals surface area contributed by atoms with Gasteiger partial charge >= 0.3 is 0 Å². The molecule has 0 fully saturated rings. The molecule has 5 aromatic carbocycles. The maximum atomic E-state index is 5.95. The highest BCUT2D eigenvalue weighted by molar-refractivity contribution is 6.10. The number of fused-ring (bicyclic) bond motifs is 3. The van der Waals surface area contributed by atoms with Crippen LogP contribution in [0.1, 0.15) is 12.5 Å². The Morgan fingerprint density at radius 1 is 0.553 bits per heavy atom. The van der Waals surface area contributed by atoms with Crippen molar-refractivity contribution in [3.63, 3.8) is 0 Å². The number of aryl methyl sites for hydroxylation is 1. The number of rotatable bonds is 5. The average Bonchev–Trinajstić information content (AvgIpc) is 3.61. The van der Waals surface area contributed by atoms with Crippen LogP contribution in [-0.2, 0) is 6.42 Å². The second kappa shape index (κ2) is 9.16. The van der Waals surface area contributed by atoms with Crippen LogP contribution in [0.5, 0.6) is 0 Å². The van der Waals surface area contributed by atoms with Crippen molar-refractivity contribution in [2.45, 2.75) is 13.3 Å². The molecule has 0 spiro atoms. The van der Waals surface area contributed by atoms with Crippen LogP contribution in [-0.4, -0.2) is 14.8 Å². The number of hydrogen-bond acceptors (Lipinski definition) is 3. The third-order valence-electron chi connectivity index (χ3n) is 7.16. The Labute approximate surface area is 220 Å². The van der Waals surface area contributed by atoms with Gasteiger partial charge in [0.1, 0.15) is 0 Å². The van der Waals surface area contributed by atoms with E-state index in [2.05, 4.69) is 101 Å². The summed E-state index contributed by atoms with van der Waals surface area (Å²) in [6, 6.07) is 42.3. The highest BCUT2D eigenvalue weighted by atomic mass is 16.4. The molecule has 2 heterocycles. The van der Waals surface area contributed by atoms with Crippen molar-refractivity contribution in [1.82, 2.24) is 14.8 Å². The van der Waals surface area contributed by atoms with Gasteiger partial charge in [-0.05, 0) is 83.8 Å². The number of aromatic nitrogens is 3. The number of nitrogens with zero attached hydrogens (tertiary/aromatic N) is 3. The smallest absolute Gasteiger partial charge is 0.248 e. The monoisotopic (exact) mass is 491 g/mol. The average molecular weight is 492 g/mol. The molecular weight excluding hydrogens is 466 g/mol. The number of benzene rings is 5. The first-order valence-electron chi connectivity index (χ1n) is 12.9. The zero-order chi connectivity index (χ0) is 25.5. The zero-order valence-corrected chi connectivity index (χ0v) is 21.0. The van der Waals surface area contributed by atoms with Gasteiger partial charge in [-0.25, -0.2) is 0 Å². The summed E-state index contributed by atoms with van der Waals surface area (Å²) in [5, 5.41) is 11.0. The third kappa shape index (κ3) is 3.78. The molecule has 0 unspecified atom stereocenters. The van der Waals surface area contributed by atoms with Crippen molar-refractivity contribution >= 4 is 21.8 Å². The minimum absolute atomic E-state index is 0.517. The standard InChI is InChI=1S/C34H25N3O/c1-2-23-13-19-31-29(21-23)30-22-27(18-20-32(30)37(31)28-11-7-4-8-12-28)24-14-16-26(17-15-24)34-36-35-33(38-34)25-9-5-3-6-10-25/h3-22H,2H2,1H3. The van der Waals surface area contributed by atoms with Gasteiger partial charge in [0, 0.05) is 27.6 Å². The van der Waals surface area contributed by atoms with E-state index in [0.29, 0.717) is 11.8 Å². The SMILES string of the molecule is CCc1ccc2c(c1)c1cc(-c3ccc(-c4nnc(-c5ccccc5)o4)cc3)ccc1n2-c1ccccc1. The van der Waals surface area contributed by atoms with Crippen LogP contribution >= 0.6 is 0 Å². The second-order valence-corrected chi connectivity index (χ2v) is 9.46. The van der Waals surface area contributed by atoms with Crippen molar-refractivity contribution in [1.29, 1.82) is 0 Å². The van der Waals surface area contributed by atoms with E-state index in [9.17, 15) is 0 Å². The van der Waals surface area contributed by atoms with E-state index in [1.54, 1.807) is 0 Å². The summed E-state index contributed by atoms with van der Waals surface area (Å²) in [6.45, 7) is 2.21. The van der Waals surface area contributed by atoms with Gasteiger partial charge < -0.3 is 8.98 Å². The number of para-hydroxylation sites is 1. The van der Waals surface area contributed by atoms with Crippen molar-refractivity contribution < 1.29 is 4.42 Å². The van der Waals surface area contributed by atoms with Crippen LogP contribution in [0.15, 0.2) is 126 Å². The molecule has 38 heavy (non-hydrogen) atoms. The summed E-state index contributed by atoms with van der Waals surface area (Å²) < 4.78 is 8.31. The molecule has 0 aliphatic rings. The van der Waals surface area contributed by atoms with Crippen molar-refractivity contribution in [3.05, 3.63) is 127 Å². The van der Waals surface area contributed by atoms with Crippen LogP contribution in [0.3, 0.4) is 0 Å². The Balaban J connectivity index is 1.30. The molecule has 182 valence electrons. The molecule has 0 saturated heterocycles. The van der Waals surface area contributed by atoms with Crippen molar-refractivity contribution in [2.75, 3.05) is 0 Å². The van der Waals surface area contributed by atoms with Gasteiger partial charge in [0.25, 0.3) is 0 Å². The summed E-state index contributed by atoms with van der Waals surface area (Å²) in [7, 11) is 0. The lowest BCUT2D eigenvalue weighted by molar-refractivity contribution is 0.584. The largest absolute Gasteiger partial charge is 0.416 e. The van der Waals surface area contributed by atoms with Gasteiger partial charge in [-0.3, -0.25) is 0 Å². The molecule has 4 heteroatoms. The van der Waals surface area contributed by atoms with E-state index < -0.39 is 0 Å². The fourth-order valence-corrected chi connectivity index (χ4v) is 5.17. The maximum Gasteiger partial charge on any atom is 0.248 e. The van der Waals surface area contributed by atoms with Crippen LogP contribution < -0.4 is 0 Å². The highest BCUT2D eigenvalue weighted by Crippen LogP contribution is 2.36. The molecule has 0 aliphatic heterocycles. The van der Waals surface area contributed by atoms with E-state index in [0.717, 1.165) is 23.1 Å². The summed E-state index contributed by atoms with van der Waals surface area (Å²) >= 11 is 0. The lowest BCUT2D eigenvalue weighted by Gasteiger charge is -2.08. The quantitative estimate of drug-likeness (QED) is 0.242. The first kappa shape index (κ1) is 22.3. The van der Waals surface area contributed by atoms with Crippen LogP contribution in [0.25, 0.3) is 61.5 Å². The molecule has 7 aromatic rings. The van der Waals surface area contributed by atoms with Crippen LogP contribution in [0.4, 0.5) is 0 Å². The minimum atomic E-state index is 0.517. The normalized spacial score (nSPS) is 11.4. The van der Waals surface area contributed by atoms with Gasteiger partial charge in [-0.2, -0.15) is 0 Å². The topological polar surface area (TPSA) is 43.9 Å². The predicted molar refractivity (Wildman–Crippen MR) is 154 cm³/mol. The molecule has 0 N–H and O–H groups in total. The first-order valence-corrected chi connectivity index (χ1v) is 12.9. The third-order valence-corrected chi connectivity index (χ3v) is 7.16. The summed E-state index contributed by atoms with van der Waals surface area (Å²) in [4.78, 5) is 0. The zero-order valence-electron chi connectivity index (χ0n) is 21.0. The van der Waals surface area contributed by atoms with Gasteiger partial charge in [0.05, 0.1) is 11.0 Å². The van der Waals surface area contributed by atoms with Gasteiger partial charge in [0.15, 0.2) is 0 Å². The molecule has 2 aromatic heterocycles. The molecule has 0 saturated carbocycles. The summed E-state index contributed by atoms with van der Waals surface area (Å²) in [5.74, 6) is 1.04. The summed E-state index contributed by atoms with van der Waals surface area (Å²) in [6.07, 6.45) is 1.01. The Morgan fingerprint density at radius 2 is 1.11 bits per heavy atom. The lowest BCUT2D eigenvalue weighted by Crippen LogP contribution is -1.93.